The third-order valence-electron chi connectivity index (χ3n) is 6.06. The van der Waals surface area contributed by atoms with E-state index in [4.69, 9.17) is 29.9 Å². The summed E-state index contributed by atoms with van der Waals surface area (Å²) < 4.78 is 21.5. The minimum Gasteiger partial charge on any atom is -0.489 e. The van der Waals surface area contributed by atoms with Gasteiger partial charge in [-0.1, -0.05) is 41.9 Å². The van der Waals surface area contributed by atoms with E-state index in [2.05, 4.69) is 5.32 Å². The number of carbonyl (C=O) groups excluding carboxylic acids is 2. The van der Waals surface area contributed by atoms with Crippen LogP contribution in [0, 0.1) is 0 Å². The van der Waals surface area contributed by atoms with Gasteiger partial charge in [-0.05, 0) is 65.2 Å². The molecule has 2 heterocycles. The number of esters is 1. The van der Waals surface area contributed by atoms with Crippen LogP contribution in [-0.2, 0) is 22.6 Å². The third kappa shape index (κ3) is 5.90. The highest BCUT2D eigenvalue weighted by Crippen LogP contribution is 2.28. The summed E-state index contributed by atoms with van der Waals surface area (Å²) in [5, 5.41) is 4.17. The predicted octanol–water partition coefficient (Wildman–Crippen LogP) is 6.44. The molecule has 5 aromatic rings. The van der Waals surface area contributed by atoms with Crippen LogP contribution < -0.4 is 10.1 Å². The van der Waals surface area contributed by atoms with E-state index in [-0.39, 0.29) is 12.2 Å². The number of nitrogens with one attached hydrogen (secondary N) is 1. The van der Waals surface area contributed by atoms with Crippen LogP contribution in [0.1, 0.15) is 21.7 Å². The first kappa shape index (κ1) is 25.2. The first-order valence-corrected chi connectivity index (χ1v) is 12.3. The maximum atomic E-state index is 13.0. The van der Waals surface area contributed by atoms with E-state index in [0.29, 0.717) is 23.0 Å². The lowest BCUT2D eigenvalue weighted by Gasteiger charge is -2.16. The number of carbonyl (C=O) groups is 2. The molecule has 38 heavy (non-hydrogen) atoms. The Hall–Kier alpha value is -4.49. The van der Waals surface area contributed by atoms with E-state index in [0.717, 1.165) is 27.6 Å². The van der Waals surface area contributed by atoms with E-state index < -0.39 is 17.9 Å². The van der Waals surface area contributed by atoms with Crippen molar-refractivity contribution in [1.29, 1.82) is 0 Å². The summed E-state index contributed by atoms with van der Waals surface area (Å²) in [7, 11) is 1.29. The highest BCUT2D eigenvalue weighted by Gasteiger charge is 2.24. The lowest BCUT2D eigenvalue weighted by Crippen LogP contribution is -2.42. The smallest absolute Gasteiger partial charge is 0.328 e. The van der Waals surface area contributed by atoms with Crippen molar-refractivity contribution >= 4 is 34.4 Å². The second-order valence-electron chi connectivity index (χ2n) is 8.69. The molecule has 7 nitrogen and oxygen atoms in total. The van der Waals surface area contributed by atoms with Gasteiger partial charge in [-0.25, -0.2) is 4.79 Å². The summed E-state index contributed by atoms with van der Waals surface area (Å²) in [5.41, 5.74) is 4.27. The van der Waals surface area contributed by atoms with Gasteiger partial charge in [0.05, 0.1) is 19.6 Å². The molecule has 8 heteroatoms. The molecule has 2 aromatic heterocycles. The molecule has 5 rings (SSSR count). The molecule has 192 valence electrons. The Morgan fingerprint density at radius 2 is 1.68 bits per heavy atom. The second-order valence-corrected chi connectivity index (χ2v) is 9.12. The van der Waals surface area contributed by atoms with Gasteiger partial charge >= 0.3 is 5.97 Å². The normalized spacial score (nSPS) is 11.7. The Morgan fingerprint density at radius 3 is 2.39 bits per heavy atom. The molecule has 0 fully saturated rings. The van der Waals surface area contributed by atoms with Gasteiger partial charge in [0, 0.05) is 22.4 Å². The predicted molar refractivity (Wildman–Crippen MR) is 143 cm³/mol. The molecule has 0 bridgehead atoms. The zero-order chi connectivity index (χ0) is 26.5. The fourth-order valence-electron chi connectivity index (χ4n) is 4.04. The first-order chi connectivity index (χ1) is 18.5. The van der Waals surface area contributed by atoms with Crippen molar-refractivity contribution in [3.63, 3.8) is 0 Å². The average Bonchev–Trinajstić information content (AvgIpc) is 3.62. The van der Waals surface area contributed by atoms with E-state index in [1.54, 1.807) is 18.6 Å². The van der Waals surface area contributed by atoms with E-state index in [9.17, 15) is 9.59 Å². The Morgan fingerprint density at radius 1 is 0.921 bits per heavy atom. The second kappa shape index (κ2) is 11.3. The van der Waals surface area contributed by atoms with Gasteiger partial charge in [-0.2, -0.15) is 0 Å². The van der Waals surface area contributed by atoms with E-state index in [1.807, 2.05) is 72.8 Å². The van der Waals surface area contributed by atoms with Crippen molar-refractivity contribution in [2.45, 2.75) is 19.1 Å². The number of hydrogen-bond acceptors (Lipinski definition) is 6. The van der Waals surface area contributed by atoms with Crippen LogP contribution in [0.2, 0.25) is 5.02 Å². The first-order valence-electron chi connectivity index (χ1n) is 11.9. The van der Waals surface area contributed by atoms with Crippen molar-refractivity contribution in [3.05, 3.63) is 113 Å². The van der Waals surface area contributed by atoms with Crippen molar-refractivity contribution in [3.8, 4) is 16.9 Å². The summed E-state index contributed by atoms with van der Waals surface area (Å²) in [6.45, 7) is 0.384. The van der Waals surface area contributed by atoms with E-state index >= 15 is 0 Å². The molecule has 0 saturated carbocycles. The van der Waals surface area contributed by atoms with Crippen LogP contribution in [0.5, 0.6) is 5.75 Å². The fraction of sp³-hybridized carbons (Fsp3) is 0.133. The monoisotopic (exact) mass is 529 g/mol. The number of amides is 1. The molecule has 3 aromatic carbocycles. The Balaban J connectivity index is 1.27. The van der Waals surface area contributed by atoms with E-state index in [1.165, 1.54) is 7.11 Å². The summed E-state index contributed by atoms with van der Waals surface area (Å²) in [5.74, 6) is -0.288. The lowest BCUT2D eigenvalue weighted by atomic mass is 10.0. The van der Waals surface area contributed by atoms with Crippen molar-refractivity contribution in [1.82, 2.24) is 5.32 Å². The molecule has 0 aliphatic carbocycles. The van der Waals surface area contributed by atoms with Crippen LogP contribution in [0.25, 0.3) is 22.1 Å². The minimum atomic E-state index is -0.900. The highest BCUT2D eigenvalue weighted by atomic mass is 35.5. The van der Waals surface area contributed by atoms with Gasteiger partial charge in [-0.15, -0.1) is 0 Å². The summed E-state index contributed by atoms with van der Waals surface area (Å²) in [4.78, 5) is 25.5. The Bertz CT molecular complexity index is 1540. The van der Waals surface area contributed by atoms with Crippen LogP contribution >= 0.6 is 11.6 Å². The van der Waals surface area contributed by atoms with Crippen molar-refractivity contribution < 1.29 is 27.9 Å². The maximum absolute atomic E-state index is 13.0. The number of halogens is 1. The molecule has 0 spiro atoms. The van der Waals surface area contributed by atoms with Crippen LogP contribution in [0.15, 0.2) is 100 Å². The lowest BCUT2D eigenvalue weighted by molar-refractivity contribution is -0.142. The molecule has 1 amide bonds. The van der Waals surface area contributed by atoms with Gasteiger partial charge < -0.3 is 23.6 Å². The van der Waals surface area contributed by atoms with Gasteiger partial charge in [-0.3, -0.25) is 4.79 Å². The van der Waals surface area contributed by atoms with Crippen LogP contribution in [-0.4, -0.2) is 25.0 Å². The molecular formula is C30H24ClNO6. The maximum Gasteiger partial charge on any atom is 0.328 e. The molecule has 0 radical (unpaired) electrons. The number of ether oxygens (including phenoxy) is 2. The standard InChI is InChI=1S/C30H24ClNO6/c1-35-30(34)26(14-19-2-9-25(10-3-19)37-18-20-12-13-36-17-20)32-29(33)28-16-23-15-22(6-11-27(23)38-28)21-4-7-24(31)8-5-21/h2-13,15-17,26H,14,18H2,1H3,(H,32,33). The molecule has 1 atom stereocenters. The zero-order valence-corrected chi connectivity index (χ0v) is 21.2. The summed E-state index contributed by atoms with van der Waals surface area (Å²) >= 11 is 5.99. The number of methoxy groups -OCH3 is 1. The SMILES string of the molecule is COC(=O)C(Cc1ccc(OCc2ccoc2)cc1)NC(=O)c1cc2cc(-c3ccc(Cl)cc3)ccc2o1. The molecule has 1 unspecified atom stereocenters. The Labute approximate surface area is 223 Å². The number of furan rings is 2. The topological polar surface area (TPSA) is 90.9 Å². The number of hydrogen-bond donors (Lipinski definition) is 1. The number of fused-ring (bicyclic) bond motifs is 1. The summed E-state index contributed by atoms with van der Waals surface area (Å²) in [6.07, 6.45) is 3.45. The third-order valence-corrected chi connectivity index (χ3v) is 6.31. The quantitative estimate of drug-likeness (QED) is 0.221. The van der Waals surface area contributed by atoms with Crippen molar-refractivity contribution in [2.24, 2.45) is 0 Å². The average molecular weight is 530 g/mol. The molecule has 0 aliphatic rings. The van der Waals surface area contributed by atoms with Gasteiger partial charge in [0.15, 0.2) is 5.76 Å². The molecule has 0 aliphatic heterocycles. The van der Waals surface area contributed by atoms with Gasteiger partial charge in [0.25, 0.3) is 5.91 Å². The van der Waals surface area contributed by atoms with Crippen LogP contribution in [0.3, 0.4) is 0 Å². The van der Waals surface area contributed by atoms with Gasteiger partial charge in [0.2, 0.25) is 0 Å². The zero-order valence-electron chi connectivity index (χ0n) is 20.5. The Kier molecular flexibility index (Phi) is 7.47. The van der Waals surface area contributed by atoms with Gasteiger partial charge in [0.1, 0.15) is 24.0 Å². The number of rotatable bonds is 9. The minimum absolute atomic E-state index is 0.102. The molecule has 0 saturated heterocycles. The van der Waals surface area contributed by atoms with Crippen molar-refractivity contribution in [2.75, 3.05) is 7.11 Å². The highest BCUT2D eigenvalue weighted by molar-refractivity contribution is 6.30. The molecule has 1 N–H and O–H groups in total. The largest absolute Gasteiger partial charge is 0.489 e. The fourth-order valence-corrected chi connectivity index (χ4v) is 4.17. The molecular weight excluding hydrogens is 506 g/mol. The van der Waals surface area contributed by atoms with Crippen LogP contribution in [0.4, 0.5) is 0 Å². The summed E-state index contributed by atoms with van der Waals surface area (Å²) in [6, 6.07) is 23.0. The number of benzene rings is 3.